The lowest BCUT2D eigenvalue weighted by Crippen LogP contribution is -2.38. The molecular formula is C15H16N6O7S. The predicted octanol–water partition coefficient (Wildman–Crippen LogP) is 1.25. The minimum atomic E-state index is -4.33. The smallest absolute Gasteiger partial charge is 0.288 e. The maximum atomic E-state index is 13.2. The van der Waals surface area contributed by atoms with Crippen LogP contribution >= 0.6 is 0 Å². The molecule has 14 heteroatoms. The van der Waals surface area contributed by atoms with Gasteiger partial charge < -0.3 is 9.42 Å². The molecule has 154 valence electrons. The van der Waals surface area contributed by atoms with Gasteiger partial charge in [0.1, 0.15) is 5.10 Å². The molecule has 3 rings (SSSR count). The van der Waals surface area contributed by atoms with Crippen molar-refractivity contribution >= 4 is 21.7 Å². The maximum absolute atomic E-state index is 13.2. The molecule has 0 saturated carbocycles. The zero-order valence-electron chi connectivity index (χ0n) is 15.4. The van der Waals surface area contributed by atoms with Crippen LogP contribution < -0.4 is 0 Å². The third kappa shape index (κ3) is 4.01. The van der Waals surface area contributed by atoms with E-state index in [1.807, 2.05) is 0 Å². The lowest BCUT2D eigenvalue weighted by molar-refractivity contribution is -0.486. The van der Waals surface area contributed by atoms with Crippen LogP contribution in [0.2, 0.25) is 0 Å². The number of benzene rings is 1. The Kier molecular flexibility index (Phi) is 5.19. The summed E-state index contributed by atoms with van der Waals surface area (Å²) in [5.41, 5.74) is 0.458. The SMILES string of the molecule is Cc1cc(CN2CCN(S(=O)(=O)c3cc([N+](=O)[O-])ccc3C)/C2=N/[N+](=O)[O-])on1. The second kappa shape index (κ2) is 7.46. The summed E-state index contributed by atoms with van der Waals surface area (Å²) >= 11 is 0. The average molecular weight is 424 g/mol. The number of non-ortho nitro benzene ring substituents is 1. The second-order valence-corrected chi connectivity index (χ2v) is 8.11. The van der Waals surface area contributed by atoms with E-state index in [1.165, 1.54) is 24.0 Å². The number of nitro groups is 2. The molecule has 0 atom stereocenters. The summed E-state index contributed by atoms with van der Waals surface area (Å²) < 4.78 is 32.2. The molecule has 2 aromatic rings. The second-order valence-electron chi connectivity index (χ2n) is 6.28. The van der Waals surface area contributed by atoms with Crippen molar-refractivity contribution in [2.24, 2.45) is 5.10 Å². The summed E-state index contributed by atoms with van der Waals surface area (Å²) in [6, 6.07) is 5.03. The highest BCUT2D eigenvalue weighted by atomic mass is 32.2. The number of rotatable bonds is 6. The van der Waals surface area contributed by atoms with E-state index in [-0.39, 0.29) is 30.1 Å². The molecule has 0 amide bonds. The Morgan fingerprint density at radius 3 is 2.52 bits per heavy atom. The number of aromatic nitrogens is 1. The van der Waals surface area contributed by atoms with Crippen LogP contribution in [-0.4, -0.2) is 51.8 Å². The van der Waals surface area contributed by atoms with Crippen molar-refractivity contribution in [2.75, 3.05) is 13.1 Å². The fourth-order valence-corrected chi connectivity index (χ4v) is 4.58. The van der Waals surface area contributed by atoms with Gasteiger partial charge in [-0.1, -0.05) is 11.2 Å². The third-order valence-corrected chi connectivity index (χ3v) is 6.15. The fourth-order valence-electron chi connectivity index (χ4n) is 2.91. The summed E-state index contributed by atoms with van der Waals surface area (Å²) in [6.07, 6.45) is 0. The summed E-state index contributed by atoms with van der Waals surface area (Å²) in [6.45, 7) is 3.19. The Morgan fingerprint density at radius 1 is 1.21 bits per heavy atom. The highest BCUT2D eigenvalue weighted by molar-refractivity contribution is 7.89. The Labute approximate surface area is 164 Å². The van der Waals surface area contributed by atoms with Crippen LogP contribution in [-0.2, 0) is 16.6 Å². The van der Waals surface area contributed by atoms with Gasteiger partial charge in [-0.25, -0.2) is 22.8 Å². The lowest BCUT2D eigenvalue weighted by Gasteiger charge is -2.20. The molecule has 1 saturated heterocycles. The minimum absolute atomic E-state index is 0.0213. The first-order valence-electron chi connectivity index (χ1n) is 8.27. The summed E-state index contributed by atoms with van der Waals surface area (Å²) in [5.74, 6) is -0.0284. The standard InChI is InChI=1S/C15H16N6O7S/c1-10-3-4-12(20(22)23)8-14(10)29(26,27)19-6-5-18(15(19)16-21(24)25)9-13-7-11(2)17-28-13/h3-4,7-8H,5-6,9H2,1-2H3/b16-15+. The number of hydrogen-bond acceptors (Lipinski definition) is 8. The zero-order chi connectivity index (χ0) is 21.3. The molecular weight excluding hydrogens is 408 g/mol. The van der Waals surface area contributed by atoms with Gasteiger partial charge in [-0.05, 0) is 19.4 Å². The van der Waals surface area contributed by atoms with Crippen LogP contribution in [0.15, 0.2) is 38.8 Å². The van der Waals surface area contributed by atoms with Gasteiger partial charge in [0.05, 0.1) is 28.6 Å². The Balaban J connectivity index is 2.01. The van der Waals surface area contributed by atoms with Crippen molar-refractivity contribution < 1.29 is 22.9 Å². The number of nitrogens with zero attached hydrogens (tertiary/aromatic N) is 6. The molecule has 1 aliphatic rings. The van der Waals surface area contributed by atoms with Gasteiger partial charge >= 0.3 is 0 Å². The molecule has 1 aromatic heterocycles. The van der Waals surface area contributed by atoms with Crippen LogP contribution in [0.3, 0.4) is 0 Å². The first-order chi connectivity index (χ1) is 13.6. The fraction of sp³-hybridized carbons (Fsp3) is 0.333. The van der Waals surface area contributed by atoms with Gasteiger partial charge in [0.2, 0.25) is 0 Å². The van der Waals surface area contributed by atoms with Gasteiger partial charge in [0, 0.05) is 24.7 Å². The predicted molar refractivity (Wildman–Crippen MR) is 97.8 cm³/mol. The van der Waals surface area contributed by atoms with E-state index in [0.717, 1.165) is 10.4 Å². The van der Waals surface area contributed by atoms with Gasteiger partial charge in [0.15, 0.2) is 10.8 Å². The first kappa shape index (κ1) is 20.2. The molecule has 0 spiro atoms. The van der Waals surface area contributed by atoms with Crippen molar-refractivity contribution in [1.82, 2.24) is 14.4 Å². The van der Waals surface area contributed by atoms with Crippen molar-refractivity contribution in [3.8, 4) is 0 Å². The zero-order valence-corrected chi connectivity index (χ0v) is 16.2. The van der Waals surface area contributed by atoms with E-state index in [1.54, 1.807) is 13.0 Å². The lowest BCUT2D eigenvalue weighted by atomic mass is 10.2. The Morgan fingerprint density at radius 2 is 1.93 bits per heavy atom. The quantitative estimate of drug-likeness (QED) is 0.490. The number of sulfonamides is 1. The summed E-state index contributed by atoms with van der Waals surface area (Å²) in [5, 5.41) is 28.0. The van der Waals surface area contributed by atoms with Crippen molar-refractivity contribution in [3.05, 3.63) is 61.5 Å². The van der Waals surface area contributed by atoms with Gasteiger partial charge in [-0.3, -0.25) is 10.1 Å². The van der Waals surface area contributed by atoms with Crippen molar-refractivity contribution in [3.63, 3.8) is 0 Å². The summed E-state index contributed by atoms with van der Waals surface area (Å²) in [4.78, 5) is 22.4. The van der Waals surface area contributed by atoms with E-state index in [0.29, 0.717) is 11.5 Å². The van der Waals surface area contributed by atoms with E-state index in [2.05, 4.69) is 10.3 Å². The topological polar surface area (TPSA) is 165 Å². The largest absolute Gasteiger partial charge is 0.359 e. The average Bonchev–Trinajstić information content (AvgIpc) is 3.21. The summed E-state index contributed by atoms with van der Waals surface area (Å²) in [7, 11) is -4.33. The molecule has 29 heavy (non-hydrogen) atoms. The number of hydrogen-bond donors (Lipinski definition) is 0. The van der Waals surface area contributed by atoms with Crippen LogP contribution in [0.4, 0.5) is 5.69 Å². The van der Waals surface area contributed by atoms with Gasteiger partial charge in [-0.2, -0.15) is 0 Å². The van der Waals surface area contributed by atoms with Crippen LogP contribution in [0.25, 0.3) is 0 Å². The van der Waals surface area contributed by atoms with Crippen LogP contribution in [0.1, 0.15) is 17.0 Å². The molecule has 0 radical (unpaired) electrons. The molecule has 2 heterocycles. The van der Waals surface area contributed by atoms with Crippen molar-refractivity contribution in [1.29, 1.82) is 0 Å². The van der Waals surface area contributed by atoms with E-state index in [4.69, 9.17) is 4.52 Å². The molecule has 1 fully saturated rings. The molecule has 0 N–H and O–H groups in total. The number of guanidine groups is 1. The van der Waals surface area contributed by atoms with Crippen LogP contribution in [0, 0.1) is 34.1 Å². The molecule has 0 unspecified atom stereocenters. The molecule has 1 aromatic carbocycles. The van der Waals surface area contributed by atoms with Crippen LogP contribution in [0.5, 0.6) is 0 Å². The monoisotopic (exact) mass is 424 g/mol. The molecule has 1 aliphatic heterocycles. The highest BCUT2D eigenvalue weighted by Crippen LogP contribution is 2.28. The first-order valence-corrected chi connectivity index (χ1v) is 9.71. The van der Waals surface area contributed by atoms with E-state index < -0.39 is 31.6 Å². The van der Waals surface area contributed by atoms with E-state index >= 15 is 0 Å². The minimum Gasteiger partial charge on any atom is -0.359 e. The number of nitro benzene ring substituents is 1. The molecule has 0 aliphatic carbocycles. The highest BCUT2D eigenvalue weighted by Gasteiger charge is 2.40. The van der Waals surface area contributed by atoms with Crippen molar-refractivity contribution in [2.45, 2.75) is 25.3 Å². The Hall–Kier alpha value is -3.55. The van der Waals surface area contributed by atoms with Gasteiger partial charge in [0.25, 0.3) is 21.7 Å². The normalized spacial score (nSPS) is 15.9. The number of aryl methyl sites for hydroxylation is 2. The molecule has 13 nitrogen and oxygen atoms in total. The Bertz CT molecular complexity index is 1110. The maximum Gasteiger partial charge on any atom is 0.288 e. The van der Waals surface area contributed by atoms with E-state index in [9.17, 15) is 28.6 Å². The number of hydrazone groups is 1. The third-order valence-electron chi connectivity index (χ3n) is 4.22. The molecule has 0 bridgehead atoms. The van der Waals surface area contributed by atoms with Gasteiger partial charge in [-0.15, -0.1) is 0 Å².